The monoisotopic (exact) mass is 648 g/mol. The molecule has 3 saturated heterocycles. The fourth-order valence-corrected chi connectivity index (χ4v) is 8.72. The molecule has 248 valence electrons. The number of rotatable bonds is 10. The molecular formula is C34H48N8O3S. The summed E-state index contributed by atoms with van der Waals surface area (Å²) in [4.78, 5) is 14.9. The summed E-state index contributed by atoms with van der Waals surface area (Å²) in [6, 6.07) is 2.63. The summed E-state index contributed by atoms with van der Waals surface area (Å²) in [6.07, 6.45) is 10.7. The number of piperidine rings is 1. The SMILES string of the molecule is COc1cc(-c2n[nH]c(-c3nc(C)c(N4CCC(N(CC5CCOCC5)CC5CCOCC5)CC4)s3)c2C(C)C)cn2ncnc12. The first-order chi connectivity index (χ1) is 22.5. The van der Waals surface area contributed by atoms with Crippen LogP contribution in [-0.2, 0) is 9.47 Å². The van der Waals surface area contributed by atoms with E-state index in [0.717, 1.165) is 84.6 Å². The molecule has 1 N–H and O–H groups in total. The minimum absolute atomic E-state index is 0.238. The summed E-state index contributed by atoms with van der Waals surface area (Å²) in [5, 5.41) is 14.8. The highest BCUT2D eigenvalue weighted by molar-refractivity contribution is 7.19. The zero-order chi connectivity index (χ0) is 31.6. The van der Waals surface area contributed by atoms with Gasteiger partial charge in [0.15, 0.2) is 11.4 Å². The van der Waals surface area contributed by atoms with Crippen LogP contribution in [0.25, 0.3) is 27.6 Å². The Balaban J connectivity index is 1.08. The molecule has 4 aromatic heterocycles. The van der Waals surface area contributed by atoms with Crippen molar-refractivity contribution in [2.75, 3.05) is 64.6 Å². The zero-order valence-electron chi connectivity index (χ0n) is 27.7. The number of H-pyrrole nitrogens is 1. The number of aryl methyl sites for hydroxylation is 1. The Kier molecular flexibility index (Phi) is 9.58. The number of thiazole rings is 1. The predicted molar refractivity (Wildman–Crippen MR) is 181 cm³/mol. The third-order valence-corrected chi connectivity index (χ3v) is 11.4. The number of hydrogen-bond donors (Lipinski definition) is 1. The maximum absolute atomic E-state index is 5.69. The highest BCUT2D eigenvalue weighted by Gasteiger charge is 2.31. The Morgan fingerprint density at radius 3 is 2.33 bits per heavy atom. The molecule has 11 nitrogen and oxygen atoms in total. The molecule has 4 aromatic rings. The summed E-state index contributed by atoms with van der Waals surface area (Å²) in [5.41, 5.74) is 5.75. The van der Waals surface area contributed by atoms with E-state index >= 15 is 0 Å². The molecule has 0 spiro atoms. The van der Waals surface area contributed by atoms with E-state index in [9.17, 15) is 0 Å². The minimum atomic E-state index is 0.238. The van der Waals surface area contributed by atoms with Gasteiger partial charge in [-0.25, -0.2) is 14.5 Å². The second-order valence-electron chi connectivity index (χ2n) is 13.5. The van der Waals surface area contributed by atoms with Crippen molar-refractivity contribution < 1.29 is 14.2 Å². The van der Waals surface area contributed by atoms with Gasteiger partial charge in [-0.3, -0.25) is 10.00 Å². The van der Waals surface area contributed by atoms with E-state index in [1.807, 2.05) is 12.3 Å². The molecule has 0 unspecified atom stereocenters. The molecule has 7 rings (SSSR count). The number of nitrogens with one attached hydrogen (secondary N) is 1. The van der Waals surface area contributed by atoms with Crippen molar-refractivity contribution in [1.82, 2.24) is 34.7 Å². The number of fused-ring (bicyclic) bond motifs is 1. The van der Waals surface area contributed by atoms with Gasteiger partial charge in [0.25, 0.3) is 0 Å². The average molecular weight is 649 g/mol. The van der Waals surface area contributed by atoms with E-state index in [-0.39, 0.29) is 5.92 Å². The molecule has 0 aromatic carbocycles. The highest BCUT2D eigenvalue weighted by Crippen LogP contribution is 2.42. The maximum atomic E-state index is 5.69. The first-order valence-electron chi connectivity index (χ1n) is 17.1. The van der Waals surface area contributed by atoms with Crippen molar-refractivity contribution in [3.63, 3.8) is 0 Å². The van der Waals surface area contributed by atoms with Gasteiger partial charge in [0, 0.05) is 76.0 Å². The van der Waals surface area contributed by atoms with Crippen molar-refractivity contribution in [3.05, 3.63) is 29.8 Å². The molecule has 3 aliphatic heterocycles. The summed E-state index contributed by atoms with van der Waals surface area (Å²) in [5.74, 6) is 2.42. The molecule has 0 aliphatic carbocycles. The van der Waals surface area contributed by atoms with Gasteiger partial charge in [-0.05, 0) is 69.3 Å². The third kappa shape index (κ3) is 6.54. The Bertz CT molecular complexity index is 1570. The van der Waals surface area contributed by atoms with E-state index in [1.165, 1.54) is 56.6 Å². The molecule has 12 heteroatoms. The molecule has 0 radical (unpaired) electrons. The van der Waals surface area contributed by atoms with Gasteiger partial charge in [-0.15, -0.1) is 0 Å². The number of nitrogens with zero attached hydrogens (tertiary/aromatic N) is 7. The van der Waals surface area contributed by atoms with Crippen LogP contribution in [-0.4, -0.2) is 100 Å². The Hall–Kier alpha value is -3.06. The number of aromatic nitrogens is 6. The maximum Gasteiger partial charge on any atom is 0.197 e. The standard InChI is InChI=1S/C34H48N8O3S/c1-22(2)29-30(26-17-28(43-4)32-35-21-36-42(32)20-26)38-39-31(29)33-37-23(3)34(46-33)40-11-5-27(6-12-40)41(18-24-7-13-44-14-8-24)19-25-9-15-45-16-10-25/h17,20-22,24-25,27H,5-16,18-19H2,1-4H3,(H,38,39). The van der Waals surface area contributed by atoms with Crippen molar-refractivity contribution in [3.8, 4) is 27.7 Å². The molecule has 3 aliphatic rings. The predicted octanol–water partition coefficient (Wildman–Crippen LogP) is 5.81. The van der Waals surface area contributed by atoms with Crippen molar-refractivity contribution in [1.29, 1.82) is 0 Å². The van der Waals surface area contributed by atoms with Crippen LogP contribution < -0.4 is 9.64 Å². The van der Waals surface area contributed by atoms with Crippen LogP contribution in [0, 0.1) is 18.8 Å². The summed E-state index contributed by atoms with van der Waals surface area (Å²) in [6.45, 7) is 14.8. The summed E-state index contributed by atoms with van der Waals surface area (Å²) < 4.78 is 18.8. The van der Waals surface area contributed by atoms with Gasteiger partial charge < -0.3 is 19.1 Å². The van der Waals surface area contributed by atoms with Crippen LogP contribution in [0.15, 0.2) is 18.6 Å². The van der Waals surface area contributed by atoms with E-state index in [4.69, 9.17) is 24.3 Å². The first kappa shape index (κ1) is 31.5. The van der Waals surface area contributed by atoms with Crippen LogP contribution in [0.2, 0.25) is 0 Å². The summed E-state index contributed by atoms with van der Waals surface area (Å²) in [7, 11) is 1.66. The normalized spacial score (nSPS) is 19.2. The fraction of sp³-hybridized carbons (Fsp3) is 0.647. The van der Waals surface area contributed by atoms with Crippen LogP contribution >= 0.6 is 11.3 Å². The number of methoxy groups -OCH3 is 1. The largest absolute Gasteiger partial charge is 0.493 e. The first-order valence-corrected chi connectivity index (χ1v) is 17.9. The van der Waals surface area contributed by atoms with E-state index in [2.05, 4.69) is 45.8 Å². The Morgan fingerprint density at radius 1 is 1.02 bits per heavy atom. The Morgan fingerprint density at radius 2 is 1.70 bits per heavy atom. The lowest BCUT2D eigenvalue weighted by Crippen LogP contribution is -2.49. The molecule has 46 heavy (non-hydrogen) atoms. The average Bonchev–Trinajstić information content (AvgIpc) is 3.83. The molecular weight excluding hydrogens is 600 g/mol. The lowest BCUT2D eigenvalue weighted by Gasteiger charge is -2.42. The fourth-order valence-electron chi connectivity index (χ4n) is 7.59. The van der Waals surface area contributed by atoms with Gasteiger partial charge >= 0.3 is 0 Å². The lowest BCUT2D eigenvalue weighted by atomic mass is 9.93. The number of aromatic amines is 1. The third-order valence-electron chi connectivity index (χ3n) is 10.1. The molecule has 0 saturated carbocycles. The molecule has 7 heterocycles. The van der Waals surface area contributed by atoms with E-state index in [1.54, 1.807) is 29.3 Å². The van der Waals surface area contributed by atoms with Gasteiger partial charge in [0.2, 0.25) is 0 Å². The van der Waals surface area contributed by atoms with Crippen LogP contribution in [0.4, 0.5) is 5.00 Å². The van der Waals surface area contributed by atoms with Crippen molar-refractivity contribution >= 4 is 22.0 Å². The van der Waals surface area contributed by atoms with E-state index < -0.39 is 0 Å². The summed E-state index contributed by atoms with van der Waals surface area (Å²) >= 11 is 1.79. The van der Waals surface area contributed by atoms with Crippen LogP contribution in [0.3, 0.4) is 0 Å². The number of anilines is 1. The molecule has 3 fully saturated rings. The zero-order valence-corrected chi connectivity index (χ0v) is 28.5. The minimum Gasteiger partial charge on any atom is -0.493 e. The lowest BCUT2D eigenvalue weighted by molar-refractivity contribution is 0.0196. The Labute approximate surface area is 275 Å². The second-order valence-corrected chi connectivity index (χ2v) is 14.5. The number of pyridine rings is 1. The van der Waals surface area contributed by atoms with Gasteiger partial charge in [0.05, 0.1) is 24.2 Å². The van der Waals surface area contributed by atoms with Gasteiger partial charge in [0.1, 0.15) is 16.3 Å². The highest BCUT2D eigenvalue weighted by atomic mass is 32.1. The second kappa shape index (κ2) is 14.0. The van der Waals surface area contributed by atoms with Gasteiger partial charge in [-0.2, -0.15) is 10.2 Å². The molecule has 0 bridgehead atoms. The van der Waals surface area contributed by atoms with E-state index in [0.29, 0.717) is 17.4 Å². The van der Waals surface area contributed by atoms with Crippen LogP contribution in [0.1, 0.15) is 69.5 Å². The number of ether oxygens (including phenoxy) is 3. The van der Waals surface area contributed by atoms with Crippen LogP contribution in [0.5, 0.6) is 5.75 Å². The molecule has 0 atom stereocenters. The van der Waals surface area contributed by atoms with Crippen molar-refractivity contribution in [2.24, 2.45) is 11.8 Å². The smallest absolute Gasteiger partial charge is 0.197 e. The van der Waals surface area contributed by atoms with Crippen molar-refractivity contribution in [2.45, 2.75) is 71.3 Å². The number of hydrogen-bond acceptors (Lipinski definition) is 10. The van der Waals surface area contributed by atoms with Gasteiger partial charge in [-0.1, -0.05) is 25.2 Å². The quantitative estimate of drug-likeness (QED) is 0.228. The molecule has 0 amide bonds. The topological polar surface area (TPSA) is 106 Å².